The van der Waals surface area contributed by atoms with E-state index in [9.17, 15) is 10.1 Å². The molecule has 5 aromatic rings. The quantitative estimate of drug-likeness (QED) is 0.0941. The fourth-order valence-corrected chi connectivity index (χ4v) is 5.94. The standard InChI is InChI=1S/C34H24BrIN2O3/c35-31-18-25(19-32(36)33(31)41-22-24-10-11-26-8-4-5-9-27(26)16-24)17-28(20-37)34(39)38-29-12-14-30(15-13-29)40-21-23-6-2-1-3-7-23/h1-19H,21-22H2,(H,38,39)/b28-17+. The molecular formula is C34H24BrIN2O3. The highest BCUT2D eigenvalue weighted by atomic mass is 127. The van der Waals surface area contributed by atoms with E-state index in [1.54, 1.807) is 30.3 Å². The summed E-state index contributed by atoms with van der Waals surface area (Å²) in [5.41, 5.74) is 3.39. The van der Waals surface area contributed by atoms with Crippen LogP contribution in [0.1, 0.15) is 16.7 Å². The molecule has 0 saturated carbocycles. The molecule has 41 heavy (non-hydrogen) atoms. The molecule has 0 radical (unpaired) electrons. The molecule has 1 amide bonds. The molecule has 0 aromatic heterocycles. The van der Waals surface area contributed by atoms with Crippen molar-refractivity contribution in [3.05, 3.63) is 140 Å². The number of carbonyl (C=O) groups is 1. The predicted octanol–water partition coefficient (Wildman–Crippen LogP) is 8.91. The van der Waals surface area contributed by atoms with Crippen molar-refractivity contribution in [3.63, 3.8) is 0 Å². The number of ether oxygens (including phenoxy) is 2. The maximum Gasteiger partial charge on any atom is 0.266 e. The van der Waals surface area contributed by atoms with E-state index in [4.69, 9.17) is 9.47 Å². The summed E-state index contributed by atoms with van der Waals surface area (Å²) in [7, 11) is 0. The summed E-state index contributed by atoms with van der Waals surface area (Å²) in [5, 5.41) is 14.8. The summed E-state index contributed by atoms with van der Waals surface area (Å²) in [6.07, 6.45) is 1.56. The number of benzene rings is 5. The number of hydrogen-bond acceptors (Lipinski definition) is 4. The Bertz CT molecular complexity index is 1740. The zero-order valence-corrected chi connectivity index (χ0v) is 25.6. The van der Waals surface area contributed by atoms with E-state index < -0.39 is 5.91 Å². The van der Waals surface area contributed by atoms with E-state index >= 15 is 0 Å². The van der Waals surface area contributed by atoms with Gasteiger partial charge in [0.2, 0.25) is 0 Å². The second-order valence-electron chi connectivity index (χ2n) is 9.21. The average molecular weight is 715 g/mol. The van der Waals surface area contributed by atoms with Crippen molar-refractivity contribution in [2.45, 2.75) is 13.2 Å². The first-order valence-electron chi connectivity index (χ1n) is 12.8. The highest BCUT2D eigenvalue weighted by Gasteiger charge is 2.13. The van der Waals surface area contributed by atoms with Crippen LogP contribution in [0.4, 0.5) is 5.69 Å². The number of halogens is 2. The zero-order chi connectivity index (χ0) is 28.6. The van der Waals surface area contributed by atoms with E-state index in [1.165, 1.54) is 5.39 Å². The van der Waals surface area contributed by atoms with Crippen molar-refractivity contribution >= 4 is 67.0 Å². The molecule has 202 valence electrons. The maximum absolute atomic E-state index is 12.9. The summed E-state index contributed by atoms with van der Waals surface area (Å²) in [6, 6.07) is 37.1. The number of carbonyl (C=O) groups excluding carboxylic acids is 1. The SMILES string of the molecule is N#C/C(=C\c1cc(Br)c(OCc2ccc3ccccc3c2)c(I)c1)C(=O)Nc1ccc(OCc2ccccc2)cc1. The van der Waals surface area contributed by atoms with E-state index in [-0.39, 0.29) is 5.57 Å². The van der Waals surface area contributed by atoms with Crippen LogP contribution in [-0.4, -0.2) is 5.91 Å². The van der Waals surface area contributed by atoms with Crippen molar-refractivity contribution < 1.29 is 14.3 Å². The van der Waals surface area contributed by atoms with Gasteiger partial charge in [-0.05, 0) is 115 Å². The third-order valence-electron chi connectivity index (χ3n) is 6.25. The summed E-state index contributed by atoms with van der Waals surface area (Å²) in [6.45, 7) is 0.867. The summed E-state index contributed by atoms with van der Waals surface area (Å²) < 4.78 is 13.5. The number of rotatable bonds is 9. The van der Waals surface area contributed by atoms with Gasteiger partial charge in [-0.25, -0.2) is 0 Å². The van der Waals surface area contributed by atoms with Crippen LogP contribution in [0.5, 0.6) is 11.5 Å². The number of nitriles is 1. The van der Waals surface area contributed by atoms with Gasteiger partial charge in [0.05, 0.1) is 8.04 Å². The van der Waals surface area contributed by atoms with Crippen molar-refractivity contribution in [1.82, 2.24) is 0 Å². The molecule has 0 atom stereocenters. The minimum Gasteiger partial charge on any atom is -0.489 e. The maximum atomic E-state index is 12.9. The van der Waals surface area contributed by atoms with Gasteiger partial charge in [0.25, 0.3) is 5.91 Å². The number of amides is 1. The van der Waals surface area contributed by atoms with Crippen LogP contribution in [0.25, 0.3) is 16.8 Å². The second kappa shape index (κ2) is 13.5. The van der Waals surface area contributed by atoms with Crippen LogP contribution < -0.4 is 14.8 Å². The molecule has 7 heteroatoms. The minimum atomic E-state index is -0.492. The summed E-state index contributed by atoms with van der Waals surface area (Å²) >= 11 is 5.79. The highest BCUT2D eigenvalue weighted by molar-refractivity contribution is 14.1. The van der Waals surface area contributed by atoms with Crippen LogP contribution in [0.3, 0.4) is 0 Å². The Labute approximate surface area is 260 Å². The third kappa shape index (κ3) is 7.54. The normalized spacial score (nSPS) is 11.1. The molecular weight excluding hydrogens is 691 g/mol. The molecule has 0 unspecified atom stereocenters. The van der Waals surface area contributed by atoms with Crippen LogP contribution >= 0.6 is 38.5 Å². The lowest BCUT2D eigenvalue weighted by molar-refractivity contribution is -0.112. The monoisotopic (exact) mass is 714 g/mol. The first-order chi connectivity index (χ1) is 20.0. The first-order valence-corrected chi connectivity index (χ1v) is 14.6. The minimum absolute atomic E-state index is 0.0121. The fraction of sp³-hybridized carbons (Fsp3) is 0.0588. The number of anilines is 1. The lowest BCUT2D eigenvalue weighted by Crippen LogP contribution is -2.13. The molecule has 0 bridgehead atoms. The van der Waals surface area contributed by atoms with Crippen LogP contribution in [-0.2, 0) is 18.0 Å². The molecule has 0 aliphatic carbocycles. The average Bonchev–Trinajstić information content (AvgIpc) is 2.99. The molecule has 0 aliphatic rings. The van der Waals surface area contributed by atoms with E-state index in [1.807, 2.05) is 60.7 Å². The summed E-state index contributed by atoms with van der Waals surface area (Å²) in [5.74, 6) is 0.895. The zero-order valence-electron chi connectivity index (χ0n) is 21.8. The molecule has 0 spiro atoms. The van der Waals surface area contributed by atoms with Gasteiger partial charge in [0.15, 0.2) is 0 Å². The second-order valence-corrected chi connectivity index (χ2v) is 11.2. The molecule has 0 aliphatic heterocycles. The van der Waals surface area contributed by atoms with Crippen molar-refractivity contribution in [2.24, 2.45) is 0 Å². The van der Waals surface area contributed by atoms with Gasteiger partial charge in [-0.2, -0.15) is 5.26 Å². The molecule has 0 saturated heterocycles. The van der Waals surface area contributed by atoms with E-state index in [0.29, 0.717) is 36.0 Å². The van der Waals surface area contributed by atoms with Gasteiger partial charge in [-0.1, -0.05) is 66.7 Å². The van der Waals surface area contributed by atoms with Crippen LogP contribution in [0.2, 0.25) is 0 Å². The smallest absolute Gasteiger partial charge is 0.266 e. The van der Waals surface area contributed by atoms with Gasteiger partial charge in [-0.3, -0.25) is 4.79 Å². The molecule has 0 fully saturated rings. The van der Waals surface area contributed by atoms with Gasteiger partial charge in [-0.15, -0.1) is 0 Å². The van der Waals surface area contributed by atoms with Gasteiger partial charge >= 0.3 is 0 Å². The predicted molar refractivity (Wildman–Crippen MR) is 175 cm³/mol. The summed E-state index contributed by atoms with van der Waals surface area (Å²) in [4.78, 5) is 12.9. The Morgan fingerprint density at radius 3 is 2.27 bits per heavy atom. The molecule has 5 rings (SSSR count). The number of nitrogens with zero attached hydrogens (tertiary/aromatic N) is 1. The third-order valence-corrected chi connectivity index (χ3v) is 7.64. The van der Waals surface area contributed by atoms with Crippen molar-refractivity contribution in [1.29, 1.82) is 5.26 Å². The number of fused-ring (bicyclic) bond motifs is 1. The van der Waals surface area contributed by atoms with Gasteiger partial charge in [0.1, 0.15) is 36.4 Å². The highest BCUT2D eigenvalue weighted by Crippen LogP contribution is 2.33. The Morgan fingerprint density at radius 1 is 0.829 bits per heavy atom. The molecule has 5 aromatic carbocycles. The van der Waals surface area contributed by atoms with E-state index in [2.05, 4.69) is 74.2 Å². The lowest BCUT2D eigenvalue weighted by atomic mass is 10.1. The van der Waals surface area contributed by atoms with E-state index in [0.717, 1.165) is 24.6 Å². The molecule has 1 N–H and O–H groups in total. The fourth-order valence-electron chi connectivity index (χ4n) is 4.17. The van der Waals surface area contributed by atoms with Crippen molar-refractivity contribution in [3.8, 4) is 17.6 Å². The van der Waals surface area contributed by atoms with Gasteiger partial charge < -0.3 is 14.8 Å². The van der Waals surface area contributed by atoms with Crippen LogP contribution in [0.15, 0.2) is 119 Å². The lowest BCUT2D eigenvalue weighted by Gasteiger charge is -2.12. The number of hydrogen-bond donors (Lipinski definition) is 1. The van der Waals surface area contributed by atoms with Crippen LogP contribution in [0, 0.1) is 14.9 Å². The largest absolute Gasteiger partial charge is 0.489 e. The Kier molecular flexibility index (Phi) is 9.34. The van der Waals surface area contributed by atoms with Crippen molar-refractivity contribution in [2.75, 3.05) is 5.32 Å². The number of nitrogens with one attached hydrogen (secondary N) is 1. The topological polar surface area (TPSA) is 71.3 Å². The molecule has 0 heterocycles. The first kappa shape index (κ1) is 28.4. The molecule has 5 nitrogen and oxygen atoms in total. The Balaban J connectivity index is 1.22. The Morgan fingerprint density at radius 2 is 1.54 bits per heavy atom. The van der Waals surface area contributed by atoms with Gasteiger partial charge in [0, 0.05) is 5.69 Å². The Hall–Kier alpha value is -4.13.